The van der Waals surface area contributed by atoms with Crippen LogP contribution in [-0.2, 0) is 0 Å². The van der Waals surface area contributed by atoms with Crippen molar-refractivity contribution in [1.29, 1.82) is 0 Å². The molecule has 0 aliphatic rings. The van der Waals surface area contributed by atoms with Crippen LogP contribution in [0.25, 0.3) is 0 Å². The molecule has 0 spiro atoms. The molecule has 0 heterocycles. The summed E-state index contributed by atoms with van der Waals surface area (Å²) in [6.45, 7) is 0. The molecule has 0 fully saturated rings. The maximum atomic E-state index is 0. The Morgan fingerprint density at radius 1 is 0.0833 bits per heavy atom. The van der Waals surface area contributed by atoms with Crippen LogP contribution in [0.2, 0.25) is 0 Å². The van der Waals surface area contributed by atoms with Gasteiger partial charge >= 0.3 is 302 Å². The fourth-order valence-electron chi connectivity index (χ4n) is 0. The molecule has 0 saturated heterocycles. The van der Waals surface area contributed by atoms with Gasteiger partial charge in [0.25, 0.3) is 0 Å². The van der Waals surface area contributed by atoms with Crippen LogP contribution >= 0.6 is 0 Å². The van der Waals surface area contributed by atoms with E-state index in [1.54, 1.807) is 0 Å². The summed E-state index contributed by atoms with van der Waals surface area (Å²) in [6, 6.07) is 0. The summed E-state index contributed by atoms with van der Waals surface area (Å²) in [5.41, 5.74) is 0. The van der Waals surface area contributed by atoms with Crippen LogP contribution in [0, 0.1) is 0 Å². The van der Waals surface area contributed by atoms with E-state index in [1.165, 1.54) is 0 Å². The summed E-state index contributed by atoms with van der Waals surface area (Å²) in [5.74, 6) is 0. The van der Waals surface area contributed by atoms with Crippen molar-refractivity contribution in [1.82, 2.24) is 0 Å². The molecule has 0 saturated carbocycles. The van der Waals surface area contributed by atoms with Crippen LogP contribution in [-0.4, -0.2) is 390 Å². The molecule has 0 aliphatic heterocycles. The molecule has 0 aliphatic carbocycles. The zero-order valence-electron chi connectivity index (χ0n) is 12.8. The maximum absolute atomic E-state index is 0. The van der Waals surface area contributed by atoms with Gasteiger partial charge in [0.1, 0.15) is 0 Å². The second kappa shape index (κ2) is 360. The minimum Gasteiger partial charge on any atom is -0.870 e. The zero-order chi connectivity index (χ0) is 0. The fraction of sp³-hybridized carbons (Fsp3) is 0. The van der Waals surface area contributed by atoms with Gasteiger partial charge in [0.05, 0.1) is 0 Å². The van der Waals surface area contributed by atoms with Crippen LogP contribution < -0.4 is 0 Å². The Labute approximate surface area is 378 Å². The predicted molar refractivity (Wildman–Crippen MR) is 77.0 cm³/mol. The number of hydrogen-bond donors (Lipinski definition) is 0. The molecule has 0 atom stereocenters. The quantitative estimate of drug-likeness (QED) is 0.236. The smallest absolute Gasteiger partial charge is 0.870 e. The van der Waals surface area contributed by atoms with E-state index in [2.05, 4.69) is 0 Å². The van der Waals surface area contributed by atoms with Gasteiger partial charge in [-0.2, -0.15) is 0 Å². The van der Waals surface area contributed by atoms with Crippen molar-refractivity contribution in [3.8, 4) is 0 Å². The van der Waals surface area contributed by atoms with Gasteiger partial charge < -0.3 is 87.6 Å². The first-order valence-electron chi connectivity index (χ1n) is 0. The molecule has 0 bridgehead atoms. The minimum absolute atomic E-state index is 0. The molecule has 0 radical (unpaired) electrons. The molecular weight excluding hydrogens is 577 g/mol. The Morgan fingerprint density at radius 3 is 0.0833 bits per heavy atom. The van der Waals surface area contributed by atoms with Gasteiger partial charge in [0.15, 0.2) is 0 Å². The molecular formula is H16Ca8O16. The Balaban J connectivity index is 0. The topological polar surface area (TPSA) is 480 Å². The Morgan fingerprint density at radius 2 is 0.0833 bits per heavy atom. The van der Waals surface area contributed by atoms with Gasteiger partial charge in [0, 0.05) is 0 Å². The van der Waals surface area contributed by atoms with Crippen LogP contribution in [0.5, 0.6) is 0 Å². The molecule has 0 amide bonds. The molecule has 0 aromatic heterocycles. The van der Waals surface area contributed by atoms with E-state index < -0.39 is 0 Å². The van der Waals surface area contributed by atoms with Crippen LogP contribution in [0.3, 0.4) is 0 Å². The number of hydrogen-bond acceptors (Lipinski definition) is 16. The largest absolute Gasteiger partial charge is 2.00 e. The van der Waals surface area contributed by atoms with E-state index in [9.17, 15) is 0 Å². The average Bonchev–Trinajstić information content (AvgIpc) is 0. The molecule has 0 aromatic rings. The molecule has 24 heavy (non-hydrogen) atoms. The SMILES string of the molecule is [Ca+2].[Ca+2].[Ca+2].[Ca+2].[Ca+2].[Ca+2].[Ca+2].[Ca+2].[OH-].[OH-].[OH-].[OH-].[OH-].[OH-].[OH-].[OH-].[OH-].[OH-].[OH-].[OH-].[OH-].[OH-].[OH-].[OH-]. The second-order valence-electron chi connectivity index (χ2n) is 0. The standard InChI is InChI=1S/8Ca.16H2O/h;;;;;;;;16*1H2/q8*+2;;;;;;;;;;;;;;;;/p-16. The first-order valence-corrected chi connectivity index (χ1v) is 0. The van der Waals surface area contributed by atoms with Crippen molar-refractivity contribution in [2.24, 2.45) is 0 Å². The fourth-order valence-corrected chi connectivity index (χ4v) is 0. The third-order valence-corrected chi connectivity index (χ3v) is 0. The zero-order valence-corrected chi connectivity index (χ0v) is 30.5. The van der Waals surface area contributed by atoms with E-state index >= 15 is 0 Å². The Hall–Kier alpha value is 9.44. The Kier molecular flexibility index (Phi) is 5920. The van der Waals surface area contributed by atoms with Gasteiger partial charge in [-0.3, -0.25) is 0 Å². The minimum atomic E-state index is 0. The second-order valence-corrected chi connectivity index (χ2v) is 0. The van der Waals surface area contributed by atoms with Gasteiger partial charge in [-0.25, -0.2) is 0 Å². The summed E-state index contributed by atoms with van der Waals surface area (Å²) >= 11 is 0. The van der Waals surface area contributed by atoms with Crippen molar-refractivity contribution >= 4 is 302 Å². The third-order valence-electron chi connectivity index (χ3n) is 0. The monoisotopic (exact) mass is 592 g/mol. The van der Waals surface area contributed by atoms with Crippen LogP contribution in [0.1, 0.15) is 0 Å². The summed E-state index contributed by atoms with van der Waals surface area (Å²) in [5, 5.41) is 0. The summed E-state index contributed by atoms with van der Waals surface area (Å²) in [6.07, 6.45) is 0. The molecule has 16 nitrogen and oxygen atoms in total. The van der Waals surface area contributed by atoms with E-state index in [1.807, 2.05) is 0 Å². The van der Waals surface area contributed by atoms with Gasteiger partial charge in [-0.15, -0.1) is 0 Å². The third kappa shape index (κ3) is 327. The molecule has 128 valence electrons. The van der Waals surface area contributed by atoms with E-state index in [0.29, 0.717) is 0 Å². The first-order chi connectivity index (χ1) is 0. The average molecular weight is 593 g/mol. The van der Waals surface area contributed by atoms with Crippen molar-refractivity contribution in [3.63, 3.8) is 0 Å². The first kappa shape index (κ1) is 395. The maximum Gasteiger partial charge on any atom is 2.00 e. The van der Waals surface area contributed by atoms with Crippen LogP contribution in [0.4, 0.5) is 0 Å². The van der Waals surface area contributed by atoms with Gasteiger partial charge in [0.2, 0.25) is 0 Å². The van der Waals surface area contributed by atoms with Gasteiger partial charge in [-0.05, 0) is 0 Å². The summed E-state index contributed by atoms with van der Waals surface area (Å²) < 4.78 is 0. The normalized spacial score (nSPS) is 0. The summed E-state index contributed by atoms with van der Waals surface area (Å²) in [7, 11) is 0. The van der Waals surface area contributed by atoms with E-state index in [4.69, 9.17) is 0 Å². The summed E-state index contributed by atoms with van der Waals surface area (Å²) in [4.78, 5) is 0. The van der Waals surface area contributed by atoms with Crippen molar-refractivity contribution in [2.75, 3.05) is 0 Å². The molecule has 0 rings (SSSR count). The van der Waals surface area contributed by atoms with E-state index in [-0.39, 0.29) is 390 Å². The number of rotatable bonds is 0. The Bertz CT molecular complexity index is 22.0. The van der Waals surface area contributed by atoms with Gasteiger partial charge in [-0.1, -0.05) is 0 Å². The molecule has 16 N–H and O–H groups in total. The van der Waals surface area contributed by atoms with Crippen molar-refractivity contribution in [2.45, 2.75) is 0 Å². The van der Waals surface area contributed by atoms with Crippen molar-refractivity contribution in [3.05, 3.63) is 0 Å². The van der Waals surface area contributed by atoms with Crippen LogP contribution in [0.15, 0.2) is 0 Å². The molecule has 0 aromatic carbocycles. The molecule has 0 unspecified atom stereocenters. The van der Waals surface area contributed by atoms with E-state index in [0.717, 1.165) is 0 Å². The van der Waals surface area contributed by atoms with Crippen molar-refractivity contribution < 1.29 is 87.6 Å². The predicted octanol–water partition coefficient (Wildman–Crippen LogP) is -5.88. The molecule has 24 heteroatoms.